The molecule has 0 saturated carbocycles. The van der Waals surface area contributed by atoms with Gasteiger partial charge in [0.25, 0.3) is 0 Å². The molecule has 30 heavy (non-hydrogen) atoms. The van der Waals surface area contributed by atoms with Crippen LogP contribution in [0.4, 0.5) is 0 Å². The Balaban J connectivity index is 1.58. The van der Waals surface area contributed by atoms with Gasteiger partial charge in [0.1, 0.15) is 11.6 Å². The molecule has 0 spiro atoms. The number of sulfonamides is 1. The summed E-state index contributed by atoms with van der Waals surface area (Å²) in [6.45, 7) is 6.51. The fraction of sp³-hybridized carbons (Fsp3) is 0.526. The molecular formula is C19H26N6O3S2. The number of benzene rings is 1. The number of nitrogens with zero attached hydrogens (tertiary/aromatic N) is 5. The first kappa shape index (κ1) is 21.3. The minimum absolute atomic E-state index is 0.273. The summed E-state index contributed by atoms with van der Waals surface area (Å²) in [6.07, 6.45) is 1.89. The number of imidazole rings is 1. The summed E-state index contributed by atoms with van der Waals surface area (Å²) >= 11 is 1.52. The summed E-state index contributed by atoms with van der Waals surface area (Å²) < 4.78 is 34.8. The molecule has 0 bridgehead atoms. The van der Waals surface area contributed by atoms with E-state index in [9.17, 15) is 8.42 Å². The van der Waals surface area contributed by atoms with Crippen molar-refractivity contribution in [1.29, 1.82) is 0 Å². The number of thioether (sulfide) groups is 1. The van der Waals surface area contributed by atoms with Crippen LogP contribution in [0.2, 0.25) is 0 Å². The van der Waals surface area contributed by atoms with Crippen LogP contribution in [-0.2, 0) is 33.5 Å². The molecule has 0 amide bonds. The summed E-state index contributed by atoms with van der Waals surface area (Å²) in [5.41, 5.74) is 1.61. The lowest BCUT2D eigenvalue weighted by Crippen LogP contribution is -2.40. The predicted molar refractivity (Wildman–Crippen MR) is 115 cm³/mol. The number of fused-ring (bicyclic) bond motifs is 1. The lowest BCUT2D eigenvalue weighted by Gasteiger charge is -2.26. The van der Waals surface area contributed by atoms with Gasteiger partial charge in [-0.05, 0) is 31.5 Å². The standard InChI is InChI=1S/C19H26N6O3S2/c1-3-5-17-21-19(23-22-17)29-13-18-20-15-12-14(6-7-16(15)25(18)4-2)30(26,27)24-8-10-28-11-9-24/h6-7,12H,3-5,8-11,13H2,1-2H3,(H,21,22,23). The van der Waals surface area contributed by atoms with Crippen molar-refractivity contribution in [3.63, 3.8) is 0 Å². The third-order valence-corrected chi connectivity index (χ3v) is 7.79. The molecule has 1 aliphatic rings. The molecule has 11 heteroatoms. The fourth-order valence-electron chi connectivity index (χ4n) is 3.54. The molecule has 9 nitrogen and oxygen atoms in total. The van der Waals surface area contributed by atoms with Crippen LogP contribution in [0.1, 0.15) is 31.9 Å². The van der Waals surface area contributed by atoms with E-state index >= 15 is 0 Å². The zero-order valence-corrected chi connectivity index (χ0v) is 18.8. The monoisotopic (exact) mass is 450 g/mol. The molecule has 0 aliphatic carbocycles. The zero-order valence-electron chi connectivity index (χ0n) is 17.2. The molecule has 0 unspecified atom stereocenters. The van der Waals surface area contributed by atoms with Gasteiger partial charge in [-0.3, -0.25) is 5.10 Å². The van der Waals surface area contributed by atoms with Gasteiger partial charge in [-0.15, -0.1) is 5.10 Å². The van der Waals surface area contributed by atoms with Gasteiger partial charge in [-0.2, -0.15) is 4.31 Å². The van der Waals surface area contributed by atoms with Gasteiger partial charge in [-0.1, -0.05) is 18.7 Å². The molecule has 162 valence electrons. The van der Waals surface area contributed by atoms with E-state index in [2.05, 4.69) is 33.6 Å². The Morgan fingerprint density at radius 3 is 2.73 bits per heavy atom. The van der Waals surface area contributed by atoms with Crippen LogP contribution in [0.25, 0.3) is 11.0 Å². The summed E-state index contributed by atoms with van der Waals surface area (Å²) in [5, 5.41) is 7.91. The highest BCUT2D eigenvalue weighted by atomic mass is 32.2. The Bertz CT molecular complexity index is 1120. The highest BCUT2D eigenvalue weighted by molar-refractivity contribution is 7.98. The van der Waals surface area contributed by atoms with Gasteiger partial charge in [0.15, 0.2) is 0 Å². The molecule has 3 heterocycles. The highest BCUT2D eigenvalue weighted by Crippen LogP contribution is 2.26. The van der Waals surface area contributed by atoms with Gasteiger partial charge in [0, 0.05) is 26.1 Å². The van der Waals surface area contributed by atoms with E-state index in [4.69, 9.17) is 9.72 Å². The topological polar surface area (TPSA) is 106 Å². The van der Waals surface area contributed by atoms with E-state index in [1.165, 1.54) is 16.1 Å². The predicted octanol–water partition coefficient (Wildman–Crippen LogP) is 2.44. The Kier molecular flexibility index (Phi) is 6.42. The second kappa shape index (κ2) is 9.04. The van der Waals surface area contributed by atoms with Crippen molar-refractivity contribution in [2.75, 3.05) is 26.3 Å². The van der Waals surface area contributed by atoms with Crippen LogP contribution in [0.3, 0.4) is 0 Å². The number of aromatic nitrogens is 5. The van der Waals surface area contributed by atoms with E-state index in [1.807, 2.05) is 6.07 Å². The fourth-order valence-corrected chi connectivity index (χ4v) is 5.73. The van der Waals surface area contributed by atoms with Crippen molar-refractivity contribution in [3.05, 3.63) is 29.8 Å². The summed E-state index contributed by atoms with van der Waals surface area (Å²) in [5.74, 6) is 2.37. The number of morpholine rings is 1. The van der Waals surface area contributed by atoms with Crippen molar-refractivity contribution >= 4 is 32.8 Å². The number of nitrogens with one attached hydrogen (secondary N) is 1. The van der Waals surface area contributed by atoms with Crippen molar-refractivity contribution in [2.45, 2.75) is 49.0 Å². The molecule has 1 fully saturated rings. The molecule has 0 radical (unpaired) electrons. The second-order valence-electron chi connectivity index (χ2n) is 7.04. The van der Waals surface area contributed by atoms with Crippen LogP contribution in [0, 0.1) is 0 Å². The largest absolute Gasteiger partial charge is 0.379 e. The number of aryl methyl sites for hydroxylation is 2. The first-order chi connectivity index (χ1) is 14.5. The zero-order chi connectivity index (χ0) is 21.1. The number of H-pyrrole nitrogens is 1. The average molecular weight is 451 g/mol. The molecule has 1 N–H and O–H groups in total. The van der Waals surface area contributed by atoms with E-state index in [-0.39, 0.29) is 4.90 Å². The molecule has 1 aromatic carbocycles. The van der Waals surface area contributed by atoms with Crippen LogP contribution in [0.15, 0.2) is 28.3 Å². The van der Waals surface area contributed by atoms with Crippen LogP contribution in [0.5, 0.6) is 0 Å². The number of ether oxygens (including phenoxy) is 1. The first-order valence-electron chi connectivity index (χ1n) is 10.1. The molecule has 0 atom stereocenters. The van der Waals surface area contributed by atoms with Gasteiger partial charge < -0.3 is 9.30 Å². The second-order valence-corrected chi connectivity index (χ2v) is 9.92. The molecule has 2 aromatic heterocycles. The first-order valence-corrected chi connectivity index (χ1v) is 12.6. The van der Waals surface area contributed by atoms with Crippen molar-refractivity contribution in [2.24, 2.45) is 0 Å². The van der Waals surface area contributed by atoms with Crippen LogP contribution < -0.4 is 0 Å². The normalized spacial score (nSPS) is 15.8. The Morgan fingerprint density at radius 1 is 1.20 bits per heavy atom. The third kappa shape index (κ3) is 4.25. The third-order valence-electron chi connectivity index (χ3n) is 5.05. The SMILES string of the molecule is CCCc1nc(SCc2nc3cc(S(=O)(=O)N4CCOCC4)ccc3n2CC)n[nH]1. The van der Waals surface area contributed by atoms with Crippen LogP contribution >= 0.6 is 11.8 Å². The molecule has 4 rings (SSSR count). The van der Waals surface area contributed by atoms with E-state index < -0.39 is 10.0 Å². The maximum absolute atomic E-state index is 13.0. The lowest BCUT2D eigenvalue weighted by atomic mass is 10.3. The summed E-state index contributed by atoms with van der Waals surface area (Å²) in [4.78, 5) is 9.49. The van der Waals surface area contributed by atoms with Crippen molar-refractivity contribution < 1.29 is 13.2 Å². The van der Waals surface area contributed by atoms with Gasteiger partial charge in [0.05, 0.1) is 34.9 Å². The maximum atomic E-state index is 13.0. The van der Waals surface area contributed by atoms with E-state index in [1.54, 1.807) is 12.1 Å². The van der Waals surface area contributed by atoms with Crippen molar-refractivity contribution in [3.8, 4) is 0 Å². The number of rotatable bonds is 8. The smallest absolute Gasteiger partial charge is 0.243 e. The molecule has 3 aromatic rings. The quantitative estimate of drug-likeness (QED) is 0.525. The number of hydrogen-bond acceptors (Lipinski definition) is 7. The summed E-state index contributed by atoms with van der Waals surface area (Å²) in [7, 11) is -3.55. The molecular weight excluding hydrogens is 424 g/mol. The van der Waals surface area contributed by atoms with Crippen molar-refractivity contribution in [1.82, 2.24) is 29.0 Å². The summed E-state index contributed by atoms with van der Waals surface area (Å²) in [6, 6.07) is 5.19. The molecule has 1 saturated heterocycles. The number of hydrogen-bond donors (Lipinski definition) is 1. The highest BCUT2D eigenvalue weighted by Gasteiger charge is 2.27. The van der Waals surface area contributed by atoms with Gasteiger partial charge in [-0.25, -0.2) is 18.4 Å². The minimum Gasteiger partial charge on any atom is -0.379 e. The van der Waals surface area contributed by atoms with Gasteiger partial charge in [0.2, 0.25) is 15.2 Å². The number of aromatic amines is 1. The Morgan fingerprint density at radius 2 is 2.00 bits per heavy atom. The Labute approximate surface area is 180 Å². The lowest BCUT2D eigenvalue weighted by molar-refractivity contribution is 0.0730. The van der Waals surface area contributed by atoms with Crippen LogP contribution in [-0.4, -0.2) is 63.8 Å². The van der Waals surface area contributed by atoms with E-state index in [0.717, 1.165) is 36.6 Å². The minimum atomic E-state index is -3.55. The molecule has 1 aliphatic heterocycles. The van der Waals surface area contributed by atoms with Gasteiger partial charge >= 0.3 is 0 Å². The van der Waals surface area contributed by atoms with E-state index in [0.29, 0.717) is 42.7 Å². The average Bonchev–Trinajstić information content (AvgIpc) is 3.36. The maximum Gasteiger partial charge on any atom is 0.243 e. The Hall–Kier alpha value is -1.95.